The van der Waals surface area contributed by atoms with Crippen LogP contribution in [0.4, 0.5) is 0 Å². The summed E-state index contributed by atoms with van der Waals surface area (Å²) in [6.07, 6.45) is 1.03. The first-order chi connectivity index (χ1) is 7.02. The van der Waals surface area contributed by atoms with Crippen LogP contribution in [0, 0.1) is 0 Å². The number of phenols is 1. The highest BCUT2D eigenvalue weighted by Crippen LogP contribution is 2.17. The highest BCUT2D eigenvalue weighted by Gasteiger charge is 2.12. The number of hydrogen-bond donors (Lipinski definition) is 3. The summed E-state index contributed by atoms with van der Waals surface area (Å²) in [5.41, 5.74) is 7.14. The fraction of sp³-hybridized carbons (Fsp3) is 0.364. The van der Waals surface area contributed by atoms with Gasteiger partial charge in [0, 0.05) is 0 Å². The van der Waals surface area contributed by atoms with Crippen LogP contribution in [0.1, 0.15) is 18.1 Å². The maximum Gasteiger partial charge on any atom is 0.320 e. The summed E-state index contributed by atoms with van der Waals surface area (Å²) < 4.78 is 0. The fourth-order valence-electron chi connectivity index (χ4n) is 1.41. The number of phenolic OH excluding ortho intramolecular Hbond substituents is 1. The lowest BCUT2D eigenvalue weighted by atomic mass is 10.0. The van der Waals surface area contributed by atoms with E-state index >= 15 is 0 Å². The van der Waals surface area contributed by atoms with Gasteiger partial charge in [0.05, 0.1) is 0 Å². The van der Waals surface area contributed by atoms with Crippen molar-refractivity contribution in [3.05, 3.63) is 29.3 Å². The number of aromatic hydroxyl groups is 1. The lowest BCUT2D eigenvalue weighted by Crippen LogP contribution is -2.32. The number of aliphatic carboxylic acids is 1. The van der Waals surface area contributed by atoms with Crippen molar-refractivity contribution >= 4 is 5.97 Å². The van der Waals surface area contributed by atoms with Crippen molar-refractivity contribution in [2.75, 3.05) is 0 Å². The van der Waals surface area contributed by atoms with E-state index in [1.165, 1.54) is 0 Å². The number of carboxylic acids is 1. The molecule has 0 amide bonds. The third kappa shape index (κ3) is 3.25. The zero-order chi connectivity index (χ0) is 11.4. The molecule has 1 atom stereocenters. The molecular weight excluding hydrogens is 194 g/mol. The van der Waals surface area contributed by atoms with Crippen molar-refractivity contribution in [2.24, 2.45) is 5.73 Å². The van der Waals surface area contributed by atoms with E-state index in [1.807, 2.05) is 13.0 Å². The molecule has 0 heterocycles. The smallest absolute Gasteiger partial charge is 0.320 e. The summed E-state index contributed by atoms with van der Waals surface area (Å²) >= 11 is 0. The predicted molar refractivity (Wildman–Crippen MR) is 56.8 cm³/mol. The summed E-state index contributed by atoms with van der Waals surface area (Å²) in [4.78, 5) is 10.6. The van der Waals surface area contributed by atoms with Crippen LogP contribution in [0.2, 0.25) is 0 Å². The van der Waals surface area contributed by atoms with Crippen molar-refractivity contribution in [3.63, 3.8) is 0 Å². The Morgan fingerprint density at radius 3 is 2.53 bits per heavy atom. The largest absolute Gasteiger partial charge is 0.508 e. The Labute approximate surface area is 88.3 Å². The number of aryl methyl sites for hydroxylation is 1. The van der Waals surface area contributed by atoms with Gasteiger partial charge >= 0.3 is 5.97 Å². The first kappa shape index (κ1) is 11.5. The maximum absolute atomic E-state index is 10.6. The molecule has 0 aromatic heterocycles. The molecule has 0 saturated heterocycles. The van der Waals surface area contributed by atoms with Crippen molar-refractivity contribution in [2.45, 2.75) is 25.8 Å². The SMILES string of the molecule is CCc1cc(O)cc(CC(N)C(=O)O)c1. The molecule has 0 aliphatic carbocycles. The van der Waals surface area contributed by atoms with Crippen LogP contribution in [-0.2, 0) is 17.6 Å². The lowest BCUT2D eigenvalue weighted by Gasteiger charge is -2.08. The van der Waals surface area contributed by atoms with Gasteiger partial charge in [-0.05, 0) is 36.1 Å². The zero-order valence-electron chi connectivity index (χ0n) is 8.60. The predicted octanol–water partition coefficient (Wildman–Crippen LogP) is 0.909. The Morgan fingerprint density at radius 2 is 2.00 bits per heavy atom. The quantitative estimate of drug-likeness (QED) is 0.688. The first-order valence-corrected chi connectivity index (χ1v) is 4.83. The van der Waals surface area contributed by atoms with Crippen LogP contribution in [0.5, 0.6) is 5.75 Å². The van der Waals surface area contributed by atoms with E-state index < -0.39 is 12.0 Å². The van der Waals surface area contributed by atoms with Crippen LogP contribution >= 0.6 is 0 Å². The second-order valence-corrected chi connectivity index (χ2v) is 3.51. The Morgan fingerprint density at radius 1 is 1.40 bits per heavy atom. The monoisotopic (exact) mass is 209 g/mol. The average molecular weight is 209 g/mol. The van der Waals surface area contributed by atoms with Gasteiger partial charge in [0.1, 0.15) is 11.8 Å². The minimum atomic E-state index is -1.03. The molecule has 82 valence electrons. The standard InChI is InChI=1S/C11H15NO3/c1-2-7-3-8(5-9(13)4-7)6-10(12)11(14)15/h3-5,10,13H,2,6,12H2,1H3,(H,14,15). The molecule has 0 aliphatic heterocycles. The van der Waals surface area contributed by atoms with E-state index in [0.717, 1.165) is 17.5 Å². The summed E-state index contributed by atoms with van der Waals surface area (Å²) in [6.45, 7) is 1.97. The summed E-state index contributed by atoms with van der Waals surface area (Å²) in [6, 6.07) is 4.15. The molecule has 15 heavy (non-hydrogen) atoms. The third-order valence-electron chi connectivity index (χ3n) is 2.22. The van der Waals surface area contributed by atoms with E-state index in [4.69, 9.17) is 10.8 Å². The van der Waals surface area contributed by atoms with Crippen LogP contribution in [0.15, 0.2) is 18.2 Å². The fourth-order valence-corrected chi connectivity index (χ4v) is 1.41. The van der Waals surface area contributed by atoms with Crippen molar-refractivity contribution < 1.29 is 15.0 Å². The number of nitrogens with two attached hydrogens (primary N) is 1. The number of hydrogen-bond acceptors (Lipinski definition) is 3. The summed E-state index contributed by atoms with van der Waals surface area (Å²) in [5.74, 6) is -0.877. The van der Waals surface area contributed by atoms with Crippen LogP contribution < -0.4 is 5.73 Å². The van der Waals surface area contributed by atoms with E-state index in [2.05, 4.69) is 0 Å². The zero-order valence-corrected chi connectivity index (χ0v) is 8.60. The molecule has 1 aromatic rings. The number of carboxylic acid groups (broad SMARTS) is 1. The topological polar surface area (TPSA) is 83.5 Å². The Kier molecular flexibility index (Phi) is 3.68. The van der Waals surface area contributed by atoms with Gasteiger partial charge in [-0.1, -0.05) is 13.0 Å². The number of rotatable bonds is 4. The molecule has 1 rings (SSSR count). The highest BCUT2D eigenvalue weighted by molar-refractivity contribution is 5.73. The molecule has 4 N–H and O–H groups in total. The summed E-state index contributed by atoms with van der Waals surface area (Å²) in [7, 11) is 0. The second kappa shape index (κ2) is 4.79. The van der Waals surface area contributed by atoms with Gasteiger partial charge in [-0.15, -0.1) is 0 Å². The highest BCUT2D eigenvalue weighted by atomic mass is 16.4. The molecule has 0 spiro atoms. The molecule has 0 bridgehead atoms. The molecule has 0 aliphatic rings. The van der Waals surface area contributed by atoms with Gasteiger partial charge in [-0.25, -0.2) is 0 Å². The van der Waals surface area contributed by atoms with E-state index in [9.17, 15) is 9.90 Å². The number of benzene rings is 1. The van der Waals surface area contributed by atoms with Gasteiger partial charge in [0.2, 0.25) is 0 Å². The van der Waals surface area contributed by atoms with Gasteiger partial charge < -0.3 is 15.9 Å². The molecule has 0 radical (unpaired) electrons. The Bertz CT molecular complexity index is 363. The molecule has 4 heteroatoms. The van der Waals surface area contributed by atoms with Gasteiger partial charge in [0.25, 0.3) is 0 Å². The average Bonchev–Trinajstić information content (AvgIpc) is 2.16. The molecular formula is C11H15NO3. The van der Waals surface area contributed by atoms with Crippen molar-refractivity contribution in [1.82, 2.24) is 0 Å². The number of carbonyl (C=O) groups is 1. The Hall–Kier alpha value is -1.55. The minimum absolute atomic E-state index is 0.155. The molecule has 4 nitrogen and oxygen atoms in total. The molecule has 0 fully saturated rings. The maximum atomic E-state index is 10.6. The van der Waals surface area contributed by atoms with E-state index in [0.29, 0.717) is 0 Å². The van der Waals surface area contributed by atoms with Crippen molar-refractivity contribution in [3.8, 4) is 5.75 Å². The Balaban J connectivity index is 2.85. The normalized spacial score (nSPS) is 12.4. The van der Waals surface area contributed by atoms with Crippen molar-refractivity contribution in [1.29, 1.82) is 0 Å². The molecule has 1 unspecified atom stereocenters. The molecule has 0 saturated carbocycles. The van der Waals surface area contributed by atoms with Gasteiger partial charge in [-0.2, -0.15) is 0 Å². The van der Waals surface area contributed by atoms with E-state index in [-0.39, 0.29) is 12.2 Å². The molecule has 1 aromatic carbocycles. The lowest BCUT2D eigenvalue weighted by molar-refractivity contribution is -0.138. The minimum Gasteiger partial charge on any atom is -0.508 e. The summed E-state index contributed by atoms with van der Waals surface area (Å²) in [5, 5.41) is 18.0. The van der Waals surface area contributed by atoms with Gasteiger partial charge in [0.15, 0.2) is 0 Å². The van der Waals surface area contributed by atoms with Crippen LogP contribution in [-0.4, -0.2) is 22.2 Å². The van der Waals surface area contributed by atoms with E-state index in [1.54, 1.807) is 12.1 Å². The third-order valence-corrected chi connectivity index (χ3v) is 2.22. The van der Waals surface area contributed by atoms with Crippen LogP contribution in [0.25, 0.3) is 0 Å². The first-order valence-electron chi connectivity index (χ1n) is 4.83. The van der Waals surface area contributed by atoms with Crippen LogP contribution in [0.3, 0.4) is 0 Å². The van der Waals surface area contributed by atoms with Gasteiger partial charge in [-0.3, -0.25) is 4.79 Å². The second-order valence-electron chi connectivity index (χ2n) is 3.51.